The highest BCUT2D eigenvalue weighted by atomic mass is 35.5. The number of hydrogen-bond donors (Lipinski definition) is 1. The molecule has 0 saturated heterocycles. The summed E-state index contributed by atoms with van der Waals surface area (Å²) >= 11 is 6.38. The molecule has 1 N–H and O–H groups in total. The number of sulfonamides is 1. The van der Waals surface area contributed by atoms with E-state index in [9.17, 15) is 18.0 Å². The molecule has 10 heteroatoms. The summed E-state index contributed by atoms with van der Waals surface area (Å²) in [7, 11) is -2.73. The van der Waals surface area contributed by atoms with E-state index in [1.807, 2.05) is 52.0 Å². The summed E-state index contributed by atoms with van der Waals surface area (Å²) in [4.78, 5) is 29.0. The van der Waals surface area contributed by atoms with Crippen LogP contribution in [-0.2, 0) is 26.2 Å². The first-order chi connectivity index (χ1) is 19.5. The minimum atomic E-state index is -4.19. The van der Waals surface area contributed by atoms with Crippen LogP contribution >= 0.6 is 11.6 Å². The highest BCUT2D eigenvalue weighted by Gasteiger charge is 2.34. The lowest BCUT2D eigenvalue weighted by Crippen LogP contribution is -2.53. The normalized spacial score (nSPS) is 12.7. The van der Waals surface area contributed by atoms with Crippen LogP contribution in [0.3, 0.4) is 0 Å². The number of methoxy groups -OCH3 is 1. The molecule has 0 fully saturated rings. The molecule has 41 heavy (non-hydrogen) atoms. The van der Waals surface area contributed by atoms with Crippen molar-refractivity contribution in [3.05, 3.63) is 88.9 Å². The van der Waals surface area contributed by atoms with Crippen LogP contribution in [-0.4, -0.2) is 50.9 Å². The minimum Gasteiger partial charge on any atom is -0.495 e. The van der Waals surface area contributed by atoms with E-state index in [1.165, 1.54) is 36.3 Å². The second-order valence-corrected chi connectivity index (χ2v) is 12.1. The van der Waals surface area contributed by atoms with Crippen molar-refractivity contribution in [2.24, 2.45) is 0 Å². The van der Waals surface area contributed by atoms with E-state index in [2.05, 4.69) is 5.32 Å². The van der Waals surface area contributed by atoms with Gasteiger partial charge in [0.2, 0.25) is 11.8 Å². The van der Waals surface area contributed by atoms with Crippen molar-refractivity contribution in [2.75, 3.05) is 18.0 Å². The number of nitrogens with zero attached hydrogens (tertiary/aromatic N) is 2. The molecule has 0 aromatic heterocycles. The van der Waals surface area contributed by atoms with Crippen LogP contribution in [0.1, 0.15) is 44.7 Å². The molecule has 3 rings (SSSR count). The monoisotopic (exact) mass is 599 g/mol. The number of halogens is 1. The highest BCUT2D eigenvalue weighted by molar-refractivity contribution is 7.92. The molecule has 0 aliphatic heterocycles. The molecule has 3 aromatic rings. The first-order valence-corrected chi connectivity index (χ1v) is 15.4. The topological polar surface area (TPSA) is 96.0 Å². The lowest BCUT2D eigenvalue weighted by atomic mass is 10.1. The van der Waals surface area contributed by atoms with Gasteiger partial charge in [-0.3, -0.25) is 13.9 Å². The lowest BCUT2D eigenvalue weighted by Gasteiger charge is -2.34. The molecule has 0 unspecified atom stereocenters. The summed E-state index contributed by atoms with van der Waals surface area (Å²) in [5, 5.41) is 3.18. The smallest absolute Gasteiger partial charge is 0.264 e. The van der Waals surface area contributed by atoms with E-state index in [4.69, 9.17) is 16.3 Å². The van der Waals surface area contributed by atoms with E-state index >= 15 is 0 Å². The second-order valence-electron chi connectivity index (χ2n) is 9.83. The van der Waals surface area contributed by atoms with E-state index in [-0.39, 0.29) is 34.1 Å². The first kappa shape index (κ1) is 32.0. The zero-order valence-corrected chi connectivity index (χ0v) is 25.7. The van der Waals surface area contributed by atoms with Crippen molar-refractivity contribution in [1.29, 1.82) is 0 Å². The second kappa shape index (κ2) is 14.4. The molecule has 8 nitrogen and oxygen atoms in total. The van der Waals surface area contributed by atoms with Crippen LogP contribution in [0, 0.1) is 6.92 Å². The molecule has 0 heterocycles. The van der Waals surface area contributed by atoms with Gasteiger partial charge < -0.3 is 15.0 Å². The van der Waals surface area contributed by atoms with Crippen molar-refractivity contribution in [3.63, 3.8) is 0 Å². The molecule has 0 aliphatic carbocycles. The minimum absolute atomic E-state index is 0.0201. The zero-order chi connectivity index (χ0) is 30.2. The molecular weight excluding hydrogens is 562 g/mol. The fourth-order valence-corrected chi connectivity index (χ4v) is 6.07. The van der Waals surface area contributed by atoms with E-state index in [0.29, 0.717) is 12.2 Å². The summed E-state index contributed by atoms with van der Waals surface area (Å²) in [5.41, 5.74) is 2.01. The SMILES string of the molecule is CC[C@H](C(=O)N[C@@H](C)CC)N(Cc1ccccc1C)C(=O)CN(c1ccc(OC)c(Cl)c1)S(=O)(=O)c1ccccc1. The fraction of sp³-hybridized carbons (Fsp3) is 0.355. The molecule has 0 aliphatic rings. The number of aryl methyl sites for hydroxylation is 1. The maximum atomic E-state index is 14.2. The van der Waals surface area contributed by atoms with Gasteiger partial charge >= 0.3 is 0 Å². The molecule has 0 saturated carbocycles. The number of rotatable bonds is 13. The van der Waals surface area contributed by atoms with Gasteiger partial charge in [-0.05, 0) is 68.1 Å². The third-order valence-corrected chi connectivity index (χ3v) is 9.11. The van der Waals surface area contributed by atoms with E-state index in [0.717, 1.165) is 21.9 Å². The van der Waals surface area contributed by atoms with Crippen LogP contribution in [0.4, 0.5) is 5.69 Å². The van der Waals surface area contributed by atoms with E-state index in [1.54, 1.807) is 24.3 Å². The summed E-state index contributed by atoms with van der Waals surface area (Å²) in [6.07, 6.45) is 1.08. The van der Waals surface area contributed by atoms with Crippen LogP contribution in [0.2, 0.25) is 5.02 Å². The molecule has 2 atom stereocenters. The molecule has 2 amide bonds. The number of ether oxygens (including phenoxy) is 1. The number of nitrogens with one attached hydrogen (secondary N) is 1. The third-order valence-electron chi connectivity index (χ3n) is 7.02. The van der Waals surface area contributed by atoms with Gasteiger partial charge in [0.05, 0.1) is 22.7 Å². The van der Waals surface area contributed by atoms with Crippen LogP contribution < -0.4 is 14.4 Å². The van der Waals surface area contributed by atoms with Crippen molar-refractivity contribution < 1.29 is 22.7 Å². The number of anilines is 1. The average Bonchev–Trinajstić information content (AvgIpc) is 2.96. The Labute approximate surface area is 248 Å². The fourth-order valence-electron chi connectivity index (χ4n) is 4.39. The Bertz CT molecular complexity index is 1450. The van der Waals surface area contributed by atoms with Gasteiger partial charge in [0, 0.05) is 12.6 Å². The predicted molar refractivity (Wildman–Crippen MR) is 163 cm³/mol. The maximum Gasteiger partial charge on any atom is 0.264 e. The van der Waals surface area contributed by atoms with Crippen LogP contribution in [0.25, 0.3) is 0 Å². The van der Waals surface area contributed by atoms with Gasteiger partial charge in [-0.15, -0.1) is 0 Å². The summed E-state index contributed by atoms with van der Waals surface area (Å²) in [6, 6.07) is 19.1. The maximum absolute atomic E-state index is 14.2. The van der Waals surface area contributed by atoms with Gasteiger partial charge in [0.1, 0.15) is 18.3 Å². The zero-order valence-electron chi connectivity index (χ0n) is 24.1. The summed E-state index contributed by atoms with van der Waals surface area (Å²) in [6.45, 7) is 7.23. The molecule has 0 bridgehead atoms. The molecule has 3 aromatic carbocycles. The average molecular weight is 600 g/mol. The van der Waals surface area contributed by atoms with Gasteiger partial charge in [-0.2, -0.15) is 0 Å². The molecule has 220 valence electrons. The standard InChI is InChI=1S/C31H38ClN3O5S/c1-6-23(4)33-31(37)28(7-2)34(20-24-14-12-11-13-22(24)3)30(36)21-35(25-17-18-29(40-5)27(32)19-25)41(38,39)26-15-9-8-10-16-26/h8-19,23,28H,6-7,20-21H2,1-5H3,(H,33,37)/t23-,28+/m0/s1. The Balaban J connectivity index is 2.09. The van der Waals surface area contributed by atoms with Gasteiger partial charge in [0.25, 0.3) is 10.0 Å². The van der Waals surface area contributed by atoms with Gasteiger partial charge in [-0.1, -0.05) is 67.9 Å². The number of hydrogen-bond acceptors (Lipinski definition) is 5. The third kappa shape index (κ3) is 7.80. The molecule has 0 spiro atoms. The van der Waals surface area contributed by atoms with E-state index < -0.39 is 28.5 Å². The predicted octanol–water partition coefficient (Wildman–Crippen LogP) is 5.57. The molecule has 0 radical (unpaired) electrons. The van der Waals surface area contributed by atoms with Crippen molar-refractivity contribution in [2.45, 2.75) is 64.1 Å². The number of benzene rings is 3. The molecular formula is C31H38ClN3O5S. The summed E-state index contributed by atoms with van der Waals surface area (Å²) in [5.74, 6) is -0.438. The Morgan fingerprint density at radius 2 is 1.63 bits per heavy atom. The summed E-state index contributed by atoms with van der Waals surface area (Å²) < 4.78 is 34.1. The number of amides is 2. The highest BCUT2D eigenvalue weighted by Crippen LogP contribution is 2.32. The Morgan fingerprint density at radius 3 is 2.22 bits per heavy atom. The number of carbonyl (C=O) groups excluding carboxylic acids is 2. The Hall–Kier alpha value is -3.56. The lowest BCUT2D eigenvalue weighted by molar-refractivity contribution is -0.140. The quantitative estimate of drug-likeness (QED) is 0.277. The largest absolute Gasteiger partial charge is 0.495 e. The van der Waals surface area contributed by atoms with Crippen LogP contribution in [0.15, 0.2) is 77.7 Å². The van der Waals surface area contributed by atoms with Crippen molar-refractivity contribution in [1.82, 2.24) is 10.2 Å². The van der Waals surface area contributed by atoms with Crippen LogP contribution in [0.5, 0.6) is 5.75 Å². The van der Waals surface area contributed by atoms with Gasteiger partial charge in [-0.25, -0.2) is 8.42 Å². The Morgan fingerprint density at radius 1 is 0.976 bits per heavy atom. The van der Waals surface area contributed by atoms with Gasteiger partial charge in [0.15, 0.2) is 0 Å². The van der Waals surface area contributed by atoms with Crippen molar-refractivity contribution in [3.8, 4) is 5.75 Å². The first-order valence-electron chi connectivity index (χ1n) is 13.6. The number of carbonyl (C=O) groups is 2. The van der Waals surface area contributed by atoms with Crippen molar-refractivity contribution >= 4 is 39.1 Å². The Kier molecular flexibility index (Phi) is 11.2.